The van der Waals surface area contributed by atoms with Crippen molar-refractivity contribution in [3.8, 4) is 0 Å². The van der Waals surface area contributed by atoms with Gasteiger partial charge in [0.15, 0.2) is 0 Å². The predicted molar refractivity (Wildman–Crippen MR) is 123 cm³/mol. The topological polar surface area (TPSA) is 66.8 Å². The van der Waals surface area contributed by atoms with Gasteiger partial charge in [0.1, 0.15) is 11.7 Å². The number of carboxylic acids is 1. The molecule has 0 aliphatic carbocycles. The number of rotatable bonds is 7. The summed E-state index contributed by atoms with van der Waals surface area (Å²) in [5.41, 5.74) is 2.38. The van der Waals surface area contributed by atoms with E-state index in [2.05, 4.69) is 0 Å². The summed E-state index contributed by atoms with van der Waals surface area (Å²) in [7, 11) is 0. The van der Waals surface area contributed by atoms with E-state index in [1.54, 1.807) is 4.90 Å². The average molecular weight is 430 g/mol. The van der Waals surface area contributed by atoms with Gasteiger partial charge in [-0.1, -0.05) is 85.8 Å². The lowest BCUT2D eigenvalue weighted by Crippen LogP contribution is -2.50. The molecule has 164 valence electrons. The fourth-order valence-corrected chi connectivity index (χ4v) is 4.33. The van der Waals surface area contributed by atoms with Crippen LogP contribution in [-0.2, 0) is 20.9 Å². The molecule has 1 aliphatic rings. The SMILES string of the molecule is CC[C@@]1(CCC(=O)O)O[C@H](c2ccccc2)c2ccccc2N(Cc2ccccc2)C1=O. The molecule has 3 aromatic carbocycles. The highest BCUT2D eigenvalue weighted by Crippen LogP contribution is 2.44. The predicted octanol–water partition coefficient (Wildman–Crippen LogP) is 5.35. The minimum Gasteiger partial charge on any atom is -0.481 e. The molecule has 3 aromatic rings. The number of anilines is 1. The summed E-state index contributed by atoms with van der Waals surface area (Å²) in [6.45, 7) is 2.27. The third-order valence-electron chi connectivity index (χ3n) is 6.09. The maximum atomic E-state index is 14.1. The maximum Gasteiger partial charge on any atom is 0.303 e. The van der Waals surface area contributed by atoms with E-state index in [4.69, 9.17) is 4.74 Å². The van der Waals surface area contributed by atoms with Crippen LogP contribution in [-0.4, -0.2) is 22.6 Å². The standard InChI is InChI=1S/C27H27NO4/c1-2-27(18-17-24(29)30)26(31)28(19-20-11-5-3-6-12-20)23-16-10-9-15-22(23)25(32-27)21-13-7-4-8-14-21/h3-16,25H,2,17-19H2,1H3,(H,29,30)/t25-,27+/m1/s1. The van der Waals surface area contributed by atoms with Crippen LogP contribution in [0, 0.1) is 0 Å². The Balaban J connectivity index is 1.88. The van der Waals surface area contributed by atoms with Gasteiger partial charge in [-0.15, -0.1) is 0 Å². The van der Waals surface area contributed by atoms with Gasteiger partial charge in [0.25, 0.3) is 5.91 Å². The van der Waals surface area contributed by atoms with Crippen LogP contribution in [0.3, 0.4) is 0 Å². The number of fused-ring (bicyclic) bond motifs is 1. The van der Waals surface area contributed by atoms with Crippen LogP contribution in [0.5, 0.6) is 0 Å². The number of para-hydroxylation sites is 1. The lowest BCUT2D eigenvalue weighted by atomic mass is 9.91. The second kappa shape index (κ2) is 9.37. The van der Waals surface area contributed by atoms with Crippen LogP contribution in [0.25, 0.3) is 0 Å². The summed E-state index contributed by atoms with van der Waals surface area (Å²) in [6, 6.07) is 27.4. The summed E-state index contributed by atoms with van der Waals surface area (Å²) in [6.07, 6.45) is -0.135. The first kappa shape index (κ1) is 21.8. The minimum absolute atomic E-state index is 0.111. The van der Waals surface area contributed by atoms with Gasteiger partial charge in [0.2, 0.25) is 0 Å². The zero-order valence-electron chi connectivity index (χ0n) is 18.1. The smallest absolute Gasteiger partial charge is 0.303 e. The van der Waals surface area contributed by atoms with Gasteiger partial charge < -0.3 is 14.7 Å². The van der Waals surface area contributed by atoms with Crippen LogP contribution in [0.2, 0.25) is 0 Å². The van der Waals surface area contributed by atoms with Crippen molar-refractivity contribution in [3.63, 3.8) is 0 Å². The minimum atomic E-state index is -1.24. The van der Waals surface area contributed by atoms with E-state index in [1.165, 1.54) is 0 Å². The molecular formula is C27H27NO4. The summed E-state index contributed by atoms with van der Waals surface area (Å²) < 4.78 is 6.64. The summed E-state index contributed by atoms with van der Waals surface area (Å²) >= 11 is 0. The van der Waals surface area contributed by atoms with Crippen LogP contribution < -0.4 is 4.90 Å². The zero-order chi connectivity index (χ0) is 22.6. The van der Waals surface area contributed by atoms with E-state index in [-0.39, 0.29) is 18.7 Å². The van der Waals surface area contributed by atoms with Crippen molar-refractivity contribution >= 4 is 17.6 Å². The van der Waals surface area contributed by atoms with Crippen molar-refractivity contribution in [2.45, 2.75) is 44.4 Å². The van der Waals surface area contributed by atoms with Gasteiger partial charge in [-0.05, 0) is 30.0 Å². The Bertz CT molecular complexity index is 1080. The van der Waals surface area contributed by atoms with Gasteiger partial charge in [-0.3, -0.25) is 9.59 Å². The molecule has 5 heteroatoms. The lowest BCUT2D eigenvalue weighted by molar-refractivity contribution is -0.154. The molecular weight excluding hydrogens is 402 g/mol. The van der Waals surface area contributed by atoms with Crippen molar-refractivity contribution in [2.75, 3.05) is 4.90 Å². The molecule has 0 bridgehead atoms. The summed E-state index contributed by atoms with van der Waals surface area (Å²) in [5.74, 6) is -1.14. The highest BCUT2D eigenvalue weighted by Gasteiger charge is 2.47. The quantitative estimate of drug-likeness (QED) is 0.550. The number of benzene rings is 3. The number of ether oxygens (including phenoxy) is 1. The van der Waals surface area contributed by atoms with E-state index < -0.39 is 17.7 Å². The van der Waals surface area contributed by atoms with Gasteiger partial charge in [-0.2, -0.15) is 0 Å². The molecule has 1 N–H and O–H groups in total. The number of hydrogen-bond acceptors (Lipinski definition) is 3. The van der Waals surface area contributed by atoms with E-state index in [0.29, 0.717) is 13.0 Å². The molecule has 1 amide bonds. The van der Waals surface area contributed by atoms with Crippen LogP contribution in [0.15, 0.2) is 84.9 Å². The number of amides is 1. The Hall–Kier alpha value is -3.44. The molecule has 2 atom stereocenters. The lowest BCUT2D eigenvalue weighted by Gasteiger charge is -2.35. The Morgan fingerprint density at radius 2 is 1.59 bits per heavy atom. The third-order valence-corrected chi connectivity index (χ3v) is 6.09. The molecule has 0 radical (unpaired) electrons. The number of nitrogens with zero attached hydrogens (tertiary/aromatic N) is 1. The largest absolute Gasteiger partial charge is 0.481 e. The molecule has 1 aliphatic heterocycles. The molecule has 4 rings (SSSR count). The van der Waals surface area contributed by atoms with E-state index >= 15 is 0 Å². The second-order valence-corrected chi connectivity index (χ2v) is 8.09. The summed E-state index contributed by atoms with van der Waals surface area (Å²) in [5, 5.41) is 9.39. The van der Waals surface area contributed by atoms with Gasteiger partial charge >= 0.3 is 5.97 Å². The fraction of sp³-hybridized carbons (Fsp3) is 0.259. The Morgan fingerprint density at radius 1 is 0.969 bits per heavy atom. The van der Waals surface area contributed by atoms with Gasteiger partial charge in [-0.25, -0.2) is 0 Å². The molecule has 5 nitrogen and oxygen atoms in total. The molecule has 0 aromatic heterocycles. The number of hydrogen-bond donors (Lipinski definition) is 1. The molecule has 0 saturated carbocycles. The normalized spacial score (nSPS) is 20.5. The van der Waals surface area contributed by atoms with Crippen molar-refractivity contribution in [2.24, 2.45) is 0 Å². The average Bonchev–Trinajstić information content (AvgIpc) is 2.93. The number of aliphatic carboxylic acids is 1. The number of carbonyl (C=O) groups excluding carboxylic acids is 1. The Labute approximate surface area is 188 Å². The molecule has 0 fully saturated rings. The fourth-order valence-electron chi connectivity index (χ4n) is 4.33. The Kier molecular flexibility index (Phi) is 6.37. The zero-order valence-corrected chi connectivity index (χ0v) is 18.1. The first-order chi connectivity index (χ1) is 15.5. The Morgan fingerprint density at radius 3 is 2.25 bits per heavy atom. The van der Waals surface area contributed by atoms with E-state index in [9.17, 15) is 14.7 Å². The summed E-state index contributed by atoms with van der Waals surface area (Å²) in [4.78, 5) is 27.3. The maximum absolute atomic E-state index is 14.1. The van der Waals surface area contributed by atoms with Crippen molar-refractivity contribution < 1.29 is 19.4 Å². The van der Waals surface area contributed by atoms with Crippen molar-refractivity contribution in [1.29, 1.82) is 0 Å². The molecule has 0 unspecified atom stereocenters. The third kappa shape index (κ3) is 4.30. The number of carboxylic acid groups (broad SMARTS) is 1. The van der Waals surface area contributed by atoms with E-state index in [1.807, 2.05) is 91.9 Å². The molecule has 0 saturated heterocycles. The molecule has 1 heterocycles. The first-order valence-electron chi connectivity index (χ1n) is 10.9. The van der Waals surface area contributed by atoms with Crippen molar-refractivity contribution in [3.05, 3.63) is 102 Å². The van der Waals surface area contributed by atoms with Gasteiger partial charge in [0.05, 0.1) is 12.2 Å². The highest BCUT2D eigenvalue weighted by atomic mass is 16.5. The highest BCUT2D eigenvalue weighted by molar-refractivity contribution is 6.01. The molecule has 32 heavy (non-hydrogen) atoms. The monoisotopic (exact) mass is 429 g/mol. The molecule has 0 spiro atoms. The van der Waals surface area contributed by atoms with Crippen molar-refractivity contribution in [1.82, 2.24) is 0 Å². The van der Waals surface area contributed by atoms with Crippen LogP contribution in [0.4, 0.5) is 5.69 Å². The first-order valence-corrected chi connectivity index (χ1v) is 10.9. The second-order valence-electron chi connectivity index (χ2n) is 8.09. The van der Waals surface area contributed by atoms with E-state index in [0.717, 1.165) is 22.4 Å². The van der Waals surface area contributed by atoms with Crippen LogP contribution in [0.1, 0.15) is 49.0 Å². The van der Waals surface area contributed by atoms with Gasteiger partial charge in [0, 0.05) is 12.0 Å². The van der Waals surface area contributed by atoms with Crippen LogP contribution >= 0.6 is 0 Å². The number of carbonyl (C=O) groups is 2.